The van der Waals surface area contributed by atoms with E-state index in [1.807, 2.05) is 17.2 Å². The molecular formula is C19H25FN4OS. The lowest BCUT2D eigenvalue weighted by Crippen LogP contribution is -2.51. The number of hydrogen-bond donors (Lipinski definition) is 1. The quantitative estimate of drug-likeness (QED) is 0.866. The largest absolute Gasteiger partial charge is 0.367 e. The summed E-state index contributed by atoms with van der Waals surface area (Å²) >= 11 is 1.64. The van der Waals surface area contributed by atoms with Gasteiger partial charge in [-0.15, -0.1) is 11.3 Å². The minimum absolute atomic E-state index is 0.0146. The normalized spacial score (nSPS) is 17.2. The molecule has 5 nitrogen and oxygen atoms in total. The van der Waals surface area contributed by atoms with Crippen LogP contribution in [0.25, 0.3) is 0 Å². The van der Waals surface area contributed by atoms with Crippen LogP contribution in [-0.2, 0) is 13.0 Å². The molecule has 1 atom stereocenters. The lowest BCUT2D eigenvalue weighted by atomic mass is 10.0. The summed E-state index contributed by atoms with van der Waals surface area (Å²) < 4.78 is 14.0. The average molecular weight is 377 g/mol. The lowest BCUT2D eigenvalue weighted by molar-refractivity contribution is 0.200. The maximum absolute atomic E-state index is 14.0. The van der Waals surface area contributed by atoms with Gasteiger partial charge in [-0.3, -0.25) is 0 Å². The van der Waals surface area contributed by atoms with E-state index in [4.69, 9.17) is 0 Å². The van der Waals surface area contributed by atoms with E-state index in [1.54, 1.807) is 35.4 Å². The molecule has 1 fully saturated rings. The van der Waals surface area contributed by atoms with Crippen molar-refractivity contribution in [1.29, 1.82) is 0 Å². The van der Waals surface area contributed by atoms with Crippen LogP contribution in [0.3, 0.4) is 0 Å². The van der Waals surface area contributed by atoms with E-state index in [-0.39, 0.29) is 17.9 Å². The number of piperidine rings is 1. The Bertz CT molecular complexity index is 751. The first-order valence-electron chi connectivity index (χ1n) is 9.01. The number of thiazole rings is 1. The van der Waals surface area contributed by atoms with Crippen molar-refractivity contribution in [3.63, 3.8) is 0 Å². The van der Waals surface area contributed by atoms with Gasteiger partial charge in [0.25, 0.3) is 0 Å². The second-order valence-corrected chi connectivity index (χ2v) is 7.82. The number of halogens is 1. The molecule has 1 aromatic carbocycles. The summed E-state index contributed by atoms with van der Waals surface area (Å²) in [6.07, 6.45) is 4.66. The molecular weight excluding hydrogens is 351 g/mol. The zero-order valence-electron chi connectivity index (χ0n) is 15.2. The van der Waals surface area contributed by atoms with Crippen LogP contribution in [0, 0.1) is 5.82 Å². The molecule has 3 rings (SSSR count). The monoisotopic (exact) mass is 376 g/mol. The van der Waals surface area contributed by atoms with Gasteiger partial charge in [-0.25, -0.2) is 14.2 Å². The summed E-state index contributed by atoms with van der Waals surface area (Å²) in [5, 5.41) is 4.02. The maximum Gasteiger partial charge on any atom is 0.317 e. The number of anilines is 1. The molecule has 0 unspecified atom stereocenters. The first kappa shape index (κ1) is 18.6. The van der Waals surface area contributed by atoms with Gasteiger partial charge in [-0.2, -0.15) is 0 Å². The molecule has 1 aromatic heterocycles. The SMILES string of the molecule is CCc1cnc(CN(C)C(=O)N[C@H]2CCCN(c3ccccc3F)C2)s1. The van der Waals surface area contributed by atoms with E-state index in [0.29, 0.717) is 18.8 Å². The van der Waals surface area contributed by atoms with Crippen molar-refractivity contribution >= 4 is 23.1 Å². The summed E-state index contributed by atoms with van der Waals surface area (Å²) in [6.45, 7) is 4.03. The van der Waals surface area contributed by atoms with Gasteiger partial charge in [0.1, 0.15) is 10.8 Å². The van der Waals surface area contributed by atoms with E-state index in [9.17, 15) is 9.18 Å². The summed E-state index contributed by atoms with van der Waals surface area (Å²) in [4.78, 5) is 21.8. The van der Waals surface area contributed by atoms with Crippen molar-refractivity contribution in [3.8, 4) is 0 Å². The molecule has 1 aliphatic heterocycles. The number of carbonyl (C=O) groups excluding carboxylic acids is 1. The number of carbonyl (C=O) groups is 1. The fraction of sp³-hybridized carbons (Fsp3) is 0.474. The zero-order chi connectivity index (χ0) is 18.5. The van der Waals surface area contributed by atoms with Crippen LogP contribution in [0.2, 0.25) is 0 Å². The highest BCUT2D eigenvalue weighted by molar-refractivity contribution is 7.11. The third-order valence-electron chi connectivity index (χ3n) is 4.61. The third-order valence-corrected chi connectivity index (χ3v) is 5.74. The van der Waals surface area contributed by atoms with Gasteiger partial charge < -0.3 is 15.1 Å². The maximum atomic E-state index is 14.0. The Morgan fingerprint density at radius 3 is 3.00 bits per heavy atom. The molecule has 1 saturated heterocycles. The van der Waals surface area contributed by atoms with E-state index in [2.05, 4.69) is 17.2 Å². The predicted octanol–water partition coefficient (Wildman–Crippen LogP) is 3.66. The Morgan fingerprint density at radius 2 is 2.27 bits per heavy atom. The Hall–Kier alpha value is -2.15. The summed E-state index contributed by atoms with van der Waals surface area (Å²) in [5.41, 5.74) is 0.606. The van der Waals surface area contributed by atoms with Crippen molar-refractivity contribution in [2.24, 2.45) is 0 Å². The molecule has 2 amide bonds. The molecule has 1 aliphatic rings. The van der Waals surface area contributed by atoms with Crippen LogP contribution in [0.15, 0.2) is 30.5 Å². The number of aryl methyl sites for hydroxylation is 1. The minimum atomic E-state index is -0.216. The molecule has 0 saturated carbocycles. The van der Waals surface area contributed by atoms with E-state index in [1.165, 1.54) is 10.9 Å². The molecule has 0 radical (unpaired) electrons. The van der Waals surface area contributed by atoms with E-state index >= 15 is 0 Å². The molecule has 140 valence electrons. The highest BCUT2D eigenvalue weighted by atomic mass is 32.1. The van der Waals surface area contributed by atoms with Gasteiger partial charge in [0, 0.05) is 37.3 Å². The Balaban J connectivity index is 1.55. The zero-order valence-corrected chi connectivity index (χ0v) is 16.1. The number of aromatic nitrogens is 1. The first-order chi connectivity index (χ1) is 12.6. The molecule has 2 heterocycles. The van der Waals surface area contributed by atoms with Gasteiger partial charge in [-0.05, 0) is 31.4 Å². The van der Waals surface area contributed by atoms with Gasteiger partial charge in [-0.1, -0.05) is 19.1 Å². The van der Waals surface area contributed by atoms with Gasteiger partial charge in [0.05, 0.1) is 12.2 Å². The highest BCUT2D eigenvalue weighted by Gasteiger charge is 2.24. The lowest BCUT2D eigenvalue weighted by Gasteiger charge is -2.35. The highest BCUT2D eigenvalue weighted by Crippen LogP contribution is 2.23. The molecule has 26 heavy (non-hydrogen) atoms. The predicted molar refractivity (Wildman–Crippen MR) is 103 cm³/mol. The number of hydrogen-bond acceptors (Lipinski definition) is 4. The Morgan fingerprint density at radius 1 is 1.46 bits per heavy atom. The smallest absolute Gasteiger partial charge is 0.317 e. The number of nitrogens with one attached hydrogen (secondary N) is 1. The molecule has 0 aliphatic carbocycles. The minimum Gasteiger partial charge on any atom is -0.367 e. The Kier molecular flexibility index (Phi) is 6.08. The first-order valence-corrected chi connectivity index (χ1v) is 9.83. The number of amides is 2. The van der Waals surface area contributed by atoms with Crippen LogP contribution < -0.4 is 10.2 Å². The molecule has 0 spiro atoms. The Labute approximate surface area is 157 Å². The molecule has 7 heteroatoms. The van der Waals surface area contributed by atoms with Crippen LogP contribution in [-0.4, -0.2) is 42.1 Å². The van der Waals surface area contributed by atoms with Crippen LogP contribution >= 0.6 is 11.3 Å². The third kappa shape index (κ3) is 4.52. The second-order valence-electron chi connectivity index (χ2n) is 6.62. The van der Waals surface area contributed by atoms with Crippen molar-refractivity contribution < 1.29 is 9.18 Å². The van der Waals surface area contributed by atoms with Gasteiger partial charge in [0.15, 0.2) is 0 Å². The topological polar surface area (TPSA) is 48.5 Å². The van der Waals surface area contributed by atoms with Gasteiger partial charge >= 0.3 is 6.03 Å². The summed E-state index contributed by atoms with van der Waals surface area (Å²) in [7, 11) is 1.78. The standard InChI is InChI=1S/C19H25FN4OS/c1-3-15-11-21-18(26-15)13-23(2)19(25)22-14-7-6-10-24(12-14)17-9-5-4-8-16(17)20/h4-5,8-9,11,14H,3,6-7,10,12-13H2,1-2H3,(H,22,25)/t14-/m0/s1. The average Bonchev–Trinajstić information content (AvgIpc) is 3.10. The second kappa shape index (κ2) is 8.49. The van der Waals surface area contributed by atoms with Crippen LogP contribution in [0.5, 0.6) is 0 Å². The number of rotatable bonds is 5. The van der Waals surface area contributed by atoms with Crippen molar-refractivity contribution in [1.82, 2.24) is 15.2 Å². The van der Waals surface area contributed by atoms with E-state index < -0.39 is 0 Å². The molecule has 2 aromatic rings. The molecule has 0 bridgehead atoms. The van der Waals surface area contributed by atoms with Crippen LogP contribution in [0.1, 0.15) is 29.7 Å². The fourth-order valence-electron chi connectivity index (χ4n) is 3.17. The summed E-state index contributed by atoms with van der Waals surface area (Å²) in [5.74, 6) is -0.216. The molecule has 1 N–H and O–H groups in total. The van der Waals surface area contributed by atoms with Crippen LogP contribution in [0.4, 0.5) is 14.9 Å². The van der Waals surface area contributed by atoms with Crippen molar-refractivity contribution in [3.05, 3.63) is 46.2 Å². The number of nitrogens with zero attached hydrogens (tertiary/aromatic N) is 3. The number of urea groups is 1. The van der Waals surface area contributed by atoms with Crippen molar-refractivity contribution in [2.45, 2.75) is 38.8 Å². The van der Waals surface area contributed by atoms with E-state index in [0.717, 1.165) is 30.8 Å². The number of para-hydroxylation sites is 1. The number of benzene rings is 1. The summed E-state index contributed by atoms with van der Waals surface area (Å²) in [6, 6.07) is 6.70. The van der Waals surface area contributed by atoms with Crippen molar-refractivity contribution in [2.75, 3.05) is 25.0 Å². The van der Waals surface area contributed by atoms with Gasteiger partial charge in [0.2, 0.25) is 0 Å². The fourth-order valence-corrected chi connectivity index (χ4v) is 4.08.